The highest BCUT2D eigenvalue weighted by atomic mass is 16.5. The van der Waals surface area contributed by atoms with Gasteiger partial charge < -0.3 is 4.74 Å². The Labute approximate surface area is 187 Å². The van der Waals surface area contributed by atoms with Gasteiger partial charge in [-0.15, -0.1) is 0 Å². The van der Waals surface area contributed by atoms with E-state index in [1.54, 1.807) is 29.1 Å². The molecular formula is C26H26N4O2. The first-order chi connectivity index (χ1) is 15.5. The molecule has 1 atom stereocenters. The Balaban J connectivity index is 1.56. The van der Waals surface area contributed by atoms with Crippen molar-refractivity contribution in [1.29, 1.82) is 0 Å². The Morgan fingerprint density at radius 1 is 0.969 bits per heavy atom. The molecular weight excluding hydrogens is 400 g/mol. The van der Waals surface area contributed by atoms with Crippen LogP contribution in [-0.4, -0.2) is 26.1 Å². The maximum atomic E-state index is 12.4. The van der Waals surface area contributed by atoms with E-state index in [9.17, 15) is 4.79 Å². The van der Waals surface area contributed by atoms with Gasteiger partial charge in [0.2, 0.25) is 5.88 Å². The Kier molecular flexibility index (Phi) is 6.40. The van der Waals surface area contributed by atoms with Crippen LogP contribution in [0.1, 0.15) is 36.3 Å². The van der Waals surface area contributed by atoms with Crippen LogP contribution < -0.4 is 10.3 Å². The highest BCUT2D eigenvalue weighted by molar-refractivity contribution is 5.67. The summed E-state index contributed by atoms with van der Waals surface area (Å²) in [7, 11) is 0. The van der Waals surface area contributed by atoms with E-state index in [4.69, 9.17) is 4.74 Å². The lowest BCUT2D eigenvalue weighted by Crippen LogP contribution is -2.16. The topological polar surface area (TPSA) is 69.9 Å². The van der Waals surface area contributed by atoms with Gasteiger partial charge in [0.25, 0.3) is 5.56 Å². The summed E-state index contributed by atoms with van der Waals surface area (Å²) in [6.45, 7) is 6.51. The van der Waals surface area contributed by atoms with Gasteiger partial charge in [-0.1, -0.05) is 31.2 Å². The molecule has 0 fully saturated rings. The van der Waals surface area contributed by atoms with Gasteiger partial charge in [0.1, 0.15) is 5.82 Å². The van der Waals surface area contributed by atoms with Crippen molar-refractivity contribution in [2.45, 2.75) is 33.1 Å². The molecule has 1 unspecified atom stereocenters. The van der Waals surface area contributed by atoms with Crippen molar-refractivity contribution < 1.29 is 4.74 Å². The zero-order valence-corrected chi connectivity index (χ0v) is 18.5. The Hall–Kier alpha value is -3.80. The van der Waals surface area contributed by atoms with E-state index in [2.05, 4.69) is 34.0 Å². The molecule has 3 aromatic heterocycles. The molecule has 0 saturated heterocycles. The number of hydrogen-bond donors (Lipinski definition) is 0. The van der Waals surface area contributed by atoms with Gasteiger partial charge in [-0.3, -0.25) is 14.3 Å². The number of ether oxygens (including phenoxy) is 1. The number of rotatable bonds is 7. The number of para-hydroxylation sites is 1. The number of pyridine rings is 2. The molecule has 0 bridgehead atoms. The molecule has 0 aliphatic heterocycles. The van der Waals surface area contributed by atoms with E-state index in [-0.39, 0.29) is 11.5 Å². The standard InChI is InChI=1S/C26H26N4O2/c1-18-9-11-24(28-15-18)19(2)13-14-32-26-23(16-27-20(3)29-26)21-10-12-25(31)30(17-21)22-7-5-4-6-8-22/h4-12,15-17,19H,13-14H2,1-3H3. The monoisotopic (exact) mass is 426 g/mol. The zero-order valence-electron chi connectivity index (χ0n) is 18.5. The molecule has 4 aromatic rings. The van der Waals surface area contributed by atoms with Crippen LogP contribution in [0.5, 0.6) is 5.88 Å². The summed E-state index contributed by atoms with van der Waals surface area (Å²) < 4.78 is 7.71. The van der Waals surface area contributed by atoms with Gasteiger partial charge in [0.15, 0.2) is 0 Å². The largest absolute Gasteiger partial charge is 0.477 e. The maximum Gasteiger partial charge on any atom is 0.255 e. The van der Waals surface area contributed by atoms with Crippen LogP contribution >= 0.6 is 0 Å². The molecule has 4 rings (SSSR count). The third kappa shape index (κ3) is 4.91. The molecule has 0 aliphatic rings. The quantitative estimate of drug-likeness (QED) is 0.421. The summed E-state index contributed by atoms with van der Waals surface area (Å²) in [5, 5.41) is 0. The van der Waals surface area contributed by atoms with Crippen molar-refractivity contribution in [2.75, 3.05) is 6.61 Å². The molecule has 0 saturated carbocycles. The second-order valence-corrected chi connectivity index (χ2v) is 7.90. The minimum Gasteiger partial charge on any atom is -0.477 e. The molecule has 1 aromatic carbocycles. The second kappa shape index (κ2) is 9.56. The van der Waals surface area contributed by atoms with Crippen LogP contribution in [0.2, 0.25) is 0 Å². The summed E-state index contributed by atoms with van der Waals surface area (Å²) in [5.41, 5.74) is 4.46. The van der Waals surface area contributed by atoms with E-state index in [0.29, 0.717) is 18.3 Å². The first-order valence-electron chi connectivity index (χ1n) is 10.7. The first-order valence-corrected chi connectivity index (χ1v) is 10.7. The van der Waals surface area contributed by atoms with Crippen LogP contribution in [0.15, 0.2) is 78.0 Å². The van der Waals surface area contributed by atoms with Crippen LogP contribution in [0, 0.1) is 13.8 Å². The Morgan fingerprint density at radius 2 is 1.78 bits per heavy atom. The molecule has 162 valence electrons. The van der Waals surface area contributed by atoms with Crippen LogP contribution in [-0.2, 0) is 0 Å². The molecule has 6 nitrogen and oxygen atoms in total. The van der Waals surface area contributed by atoms with Crippen LogP contribution in [0.25, 0.3) is 16.8 Å². The average molecular weight is 427 g/mol. The number of aromatic nitrogens is 4. The number of nitrogens with zero attached hydrogens (tertiary/aromatic N) is 4. The number of benzene rings is 1. The maximum absolute atomic E-state index is 12.4. The average Bonchev–Trinajstić information content (AvgIpc) is 2.81. The molecule has 0 N–H and O–H groups in total. The third-order valence-corrected chi connectivity index (χ3v) is 5.36. The lowest BCUT2D eigenvalue weighted by molar-refractivity contribution is 0.289. The molecule has 6 heteroatoms. The molecule has 32 heavy (non-hydrogen) atoms. The van der Waals surface area contributed by atoms with Crippen LogP contribution in [0.4, 0.5) is 0 Å². The van der Waals surface area contributed by atoms with E-state index >= 15 is 0 Å². The van der Waals surface area contributed by atoms with Gasteiger partial charge in [-0.05, 0) is 50.1 Å². The number of aryl methyl sites for hydroxylation is 2. The summed E-state index contributed by atoms with van der Waals surface area (Å²) in [5.74, 6) is 1.41. The summed E-state index contributed by atoms with van der Waals surface area (Å²) >= 11 is 0. The fourth-order valence-corrected chi connectivity index (χ4v) is 3.45. The summed E-state index contributed by atoms with van der Waals surface area (Å²) in [4.78, 5) is 25.8. The van der Waals surface area contributed by atoms with Gasteiger partial charge in [-0.25, -0.2) is 4.98 Å². The molecule has 0 radical (unpaired) electrons. The fraction of sp³-hybridized carbons (Fsp3) is 0.231. The smallest absolute Gasteiger partial charge is 0.255 e. The molecule has 0 aliphatic carbocycles. The lowest BCUT2D eigenvalue weighted by Gasteiger charge is -2.15. The van der Waals surface area contributed by atoms with Crippen molar-refractivity contribution in [2.24, 2.45) is 0 Å². The van der Waals surface area contributed by atoms with E-state index in [1.807, 2.05) is 50.4 Å². The van der Waals surface area contributed by atoms with Gasteiger partial charge in [0.05, 0.1) is 12.2 Å². The van der Waals surface area contributed by atoms with E-state index in [1.165, 1.54) is 0 Å². The highest BCUT2D eigenvalue weighted by Crippen LogP contribution is 2.28. The lowest BCUT2D eigenvalue weighted by atomic mass is 10.0. The fourth-order valence-electron chi connectivity index (χ4n) is 3.45. The predicted molar refractivity (Wildman–Crippen MR) is 125 cm³/mol. The van der Waals surface area contributed by atoms with Gasteiger partial charge >= 0.3 is 0 Å². The number of hydrogen-bond acceptors (Lipinski definition) is 5. The van der Waals surface area contributed by atoms with Crippen molar-refractivity contribution in [3.8, 4) is 22.7 Å². The predicted octanol–water partition coefficient (Wildman–Crippen LogP) is 4.88. The molecule has 3 heterocycles. The van der Waals surface area contributed by atoms with Crippen molar-refractivity contribution >= 4 is 0 Å². The second-order valence-electron chi connectivity index (χ2n) is 7.90. The minimum atomic E-state index is -0.102. The SMILES string of the molecule is Cc1ccc(C(C)CCOc2nc(C)ncc2-c2ccc(=O)n(-c3ccccc3)c2)nc1. The van der Waals surface area contributed by atoms with Crippen molar-refractivity contribution in [1.82, 2.24) is 19.5 Å². The normalized spacial score (nSPS) is 11.8. The van der Waals surface area contributed by atoms with E-state index in [0.717, 1.165) is 34.5 Å². The zero-order chi connectivity index (χ0) is 22.5. The van der Waals surface area contributed by atoms with Gasteiger partial charge in [0, 0.05) is 47.5 Å². The van der Waals surface area contributed by atoms with Crippen molar-refractivity contribution in [3.05, 3.63) is 101 Å². The third-order valence-electron chi connectivity index (χ3n) is 5.36. The molecule has 0 spiro atoms. The Bertz CT molecular complexity index is 1250. The molecule has 0 amide bonds. The minimum absolute atomic E-state index is 0.102. The Morgan fingerprint density at radius 3 is 2.53 bits per heavy atom. The highest BCUT2D eigenvalue weighted by Gasteiger charge is 2.13. The van der Waals surface area contributed by atoms with Crippen LogP contribution in [0.3, 0.4) is 0 Å². The van der Waals surface area contributed by atoms with Gasteiger partial charge in [-0.2, -0.15) is 4.98 Å². The van der Waals surface area contributed by atoms with Crippen molar-refractivity contribution in [3.63, 3.8) is 0 Å². The van der Waals surface area contributed by atoms with E-state index < -0.39 is 0 Å². The summed E-state index contributed by atoms with van der Waals surface area (Å²) in [6.07, 6.45) is 6.25. The first kappa shape index (κ1) is 21.4. The summed E-state index contributed by atoms with van der Waals surface area (Å²) in [6, 6.07) is 17.0.